The first-order valence-electron chi connectivity index (χ1n) is 7.42. The van der Waals surface area contributed by atoms with Crippen LogP contribution in [0.3, 0.4) is 0 Å². The van der Waals surface area contributed by atoms with E-state index in [1.165, 1.54) is 19.3 Å². The first-order valence-corrected chi connectivity index (χ1v) is 7.42. The molecular weight excluding hydrogens is 212 g/mol. The van der Waals surface area contributed by atoms with E-state index in [9.17, 15) is 4.79 Å². The summed E-state index contributed by atoms with van der Waals surface area (Å²) in [7, 11) is 0. The van der Waals surface area contributed by atoms with Gasteiger partial charge in [-0.25, -0.2) is 0 Å². The molecule has 2 heteroatoms. The van der Waals surface area contributed by atoms with Crippen LogP contribution in [0.4, 0.5) is 0 Å². The maximum Gasteiger partial charge on any atom is 0.309 e. The van der Waals surface area contributed by atoms with E-state index in [2.05, 4.69) is 6.92 Å². The fourth-order valence-corrected chi connectivity index (χ4v) is 6.93. The third-order valence-corrected chi connectivity index (χ3v) is 7.16. The van der Waals surface area contributed by atoms with Crippen molar-refractivity contribution in [3.8, 4) is 0 Å². The summed E-state index contributed by atoms with van der Waals surface area (Å²) in [6.07, 6.45) is 4.29. The SMILES string of the molecule is CC1CC2CC1C1C3CC(C4C(=O)OCC34)C21. The first kappa shape index (κ1) is 9.41. The number of carbonyl (C=O) groups is 1. The Labute approximate surface area is 102 Å². The molecule has 0 aromatic heterocycles. The van der Waals surface area contributed by atoms with Crippen LogP contribution in [0.5, 0.6) is 0 Å². The molecule has 1 saturated heterocycles. The van der Waals surface area contributed by atoms with E-state index in [1.54, 1.807) is 0 Å². The molecule has 0 aromatic carbocycles. The molecule has 4 bridgehead atoms. The minimum absolute atomic E-state index is 0.150. The summed E-state index contributed by atoms with van der Waals surface area (Å²) in [6, 6.07) is 0. The normalized spacial score (nSPS) is 66.2. The van der Waals surface area contributed by atoms with Gasteiger partial charge in [0.1, 0.15) is 0 Å². The molecule has 0 aromatic rings. The Kier molecular flexibility index (Phi) is 1.51. The molecule has 0 radical (unpaired) electrons. The minimum atomic E-state index is 0.150. The number of cyclic esters (lactones) is 1. The van der Waals surface area contributed by atoms with Gasteiger partial charge in [-0.3, -0.25) is 4.79 Å². The number of rotatable bonds is 0. The van der Waals surface area contributed by atoms with Gasteiger partial charge in [0.15, 0.2) is 0 Å². The third kappa shape index (κ3) is 0.880. The van der Waals surface area contributed by atoms with Crippen LogP contribution in [0.15, 0.2) is 0 Å². The Hall–Kier alpha value is -0.530. The van der Waals surface area contributed by atoms with Crippen LogP contribution >= 0.6 is 0 Å². The molecule has 0 N–H and O–H groups in total. The van der Waals surface area contributed by atoms with Crippen molar-refractivity contribution in [3.05, 3.63) is 0 Å². The molecular formula is C15H20O2. The van der Waals surface area contributed by atoms with E-state index >= 15 is 0 Å². The van der Waals surface area contributed by atoms with Crippen LogP contribution < -0.4 is 0 Å². The Morgan fingerprint density at radius 2 is 1.88 bits per heavy atom. The van der Waals surface area contributed by atoms with E-state index in [0.717, 1.165) is 42.1 Å². The summed E-state index contributed by atoms with van der Waals surface area (Å²) in [4.78, 5) is 11.9. The van der Waals surface area contributed by atoms with Crippen molar-refractivity contribution in [1.29, 1.82) is 0 Å². The molecule has 1 heterocycles. The molecule has 9 atom stereocenters. The zero-order valence-electron chi connectivity index (χ0n) is 10.3. The second-order valence-electron chi connectivity index (χ2n) is 7.41. The zero-order chi connectivity index (χ0) is 11.3. The Balaban J connectivity index is 1.57. The average Bonchev–Trinajstić information content (AvgIpc) is 2.99. The number of ether oxygens (including phenoxy) is 1. The molecule has 17 heavy (non-hydrogen) atoms. The van der Waals surface area contributed by atoms with Crippen LogP contribution in [0.2, 0.25) is 0 Å². The lowest BCUT2D eigenvalue weighted by molar-refractivity contribution is -0.143. The van der Waals surface area contributed by atoms with Crippen molar-refractivity contribution < 1.29 is 9.53 Å². The van der Waals surface area contributed by atoms with Crippen molar-refractivity contribution >= 4 is 5.97 Å². The number of esters is 1. The van der Waals surface area contributed by atoms with Crippen LogP contribution in [0.25, 0.3) is 0 Å². The van der Waals surface area contributed by atoms with E-state index in [1.807, 2.05) is 0 Å². The number of hydrogen-bond donors (Lipinski definition) is 0. The number of carbonyl (C=O) groups excluding carboxylic acids is 1. The van der Waals surface area contributed by atoms with Gasteiger partial charge in [-0.1, -0.05) is 6.92 Å². The molecule has 4 aliphatic carbocycles. The Bertz CT molecular complexity index is 404. The van der Waals surface area contributed by atoms with Gasteiger partial charge in [-0.15, -0.1) is 0 Å². The lowest BCUT2D eigenvalue weighted by Gasteiger charge is -2.41. The number of fused-ring (bicyclic) bond motifs is 12. The minimum Gasteiger partial charge on any atom is -0.465 e. The van der Waals surface area contributed by atoms with E-state index in [4.69, 9.17) is 4.74 Å². The van der Waals surface area contributed by atoms with Crippen molar-refractivity contribution in [2.24, 2.45) is 53.3 Å². The van der Waals surface area contributed by atoms with Crippen molar-refractivity contribution in [3.63, 3.8) is 0 Å². The van der Waals surface area contributed by atoms with Crippen LogP contribution in [0.1, 0.15) is 26.2 Å². The van der Waals surface area contributed by atoms with E-state index in [-0.39, 0.29) is 5.97 Å². The van der Waals surface area contributed by atoms with Crippen molar-refractivity contribution in [2.45, 2.75) is 26.2 Å². The Morgan fingerprint density at radius 1 is 1.00 bits per heavy atom. The average molecular weight is 232 g/mol. The molecule has 0 amide bonds. The van der Waals surface area contributed by atoms with Crippen LogP contribution in [-0.4, -0.2) is 12.6 Å². The Morgan fingerprint density at radius 3 is 2.76 bits per heavy atom. The highest BCUT2D eigenvalue weighted by Gasteiger charge is 2.69. The van der Waals surface area contributed by atoms with Gasteiger partial charge >= 0.3 is 5.97 Å². The molecule has 5 aliphatic rings. The zero-order valence-corrected chi connectivity index (χ0v) is 10.3. The summed E-state index contributed by atoms with van der Waals surface area (Å²) in [5.41, 5.74) is 0. The van der Waals surface area contributed by atoms with Crippen LogP contribution in [0, 0.1) is 53.3 Å². The lowest BCUT2D eigenvalue weighted by Crippen LogP contribution is -2.40. The van der Waals surface area contributed by atoms with Gasteiger partial charge in [-0.2, -0.15) is 0 Å². The summed E-state index contributed by atoms with van der Waals surface area (Å²) in [5, 5.41) is 0. The number of hydrogen-bond acceptors (Lipinski definition) is 2. The van der Waals surface area contributed by atoms with E-state index in [0.29, 0.717) is 17.8 Å². The van der Waals surface area contributed by atoms with Gasteiger partial charge < -0.3 is 4.74 Å². The topological polar surface area (TPSA) is 26.3 Å². The highest BCUT2D eigenvalue weighted by molar-refractivity contribution is 5.76. The first-order chi connectivity index (χ1) is 8.25. The van der Waals surface area contributed by atoms with Gasteiger partial charge in [-0.05, 0) is 60.7 Å². The predicted molar refractivity (Wildman–Crippen MR) is 61.9 cm³/mol. The standard InChI is InChI=1S/C15H20O2/c1-6-2-7-3-8(6)13-9-4-10(12(7)13)14-11(9)5-17-15(14)16/h6-14H,2-5H2,1H3. The van der Waals surface area contributed by atoms with Gasteiger partial charge in [0.05, 0.1) is 12.5 Å². The van der Waals surface area contributed by atoms with Gasteiger partial charge in [0, 0.05) is 5.92 Å². The van der Waals surface area contributed by atoms with E-state index < -0.39 is 0 Å². The molecule has 9 unspecified atom stereocenters. The monoisotopic (exact) mass is 232 g/mol. The largest absolute Gasteiger partial charge is 0.465 e. The molecule has 2 nitrogen and oxygen atoms in total. The molecule has 0 spiro atoms. The van der Waals surface area contributed by atoms with Crippen molar-refractivity contribution in [2.75, 3.05) is 6.61 Å². The summed E-state index contributed by atoms with van der Waals surface area (Å²) < 4.78 is 5.34. The molecule has 4 saturated carbocycles. The molecule has 1 aliphatic heterocycles. The molecule has 5 fully saturated rings. The lowest BCUT2D eigenvalue weighted by atomic mass is 9.62. The summed E-state index contributed by atoms with van der Waals surface area (Å²) in [5.74, 6) is 7.44. The summed E-state index contributed by atoms with van der Waals surface area (Å²) >= 11 is 0. The smallest absolute Gasteiger partial charge is 0.309 e. The fourth-order valence-electron chi connectivity index (χ4n) is 6.93. The van der Waals surface area contributed by atoms with Gasteiger partial charge in [0.25, 0.3) is 0 Å². The maximum atomic E-state index is 11.9. The quantitative estimate of drug-likeness (QED) is 0.473. The third-order valence-electron chi connectivity index (χ3n) is 7.16. The second kappa shape index (κ2) is 2.73. The van der Waals surface area contributed by atoms with Crippen LogP contribution in [-0.2, 0) is 9.53 Å². The van der Waals surface area contributed by atoms with Gasteiger partial charge in [0.2, 0.25) is 0 Å². The maximum absolute atomic E-state index is 11.9. The summed E-state index contributed by atoms with van der Waals surface area (Å²) in [6.45, 7) is 3.21. The predicted octanol–water partition coefficient (Wildman–Crippen LogP) is 2.33. The second-order valence-corrected chi connectivity index (χ2v) is 7.41. The molecule has 5 rings (SSSR count). The fraction of sp³-hybridized carbons (Fsp3) is 0.933. The highest BCUT2D eigenvalue weighted by Crippen LogP contribution is 2.72. The highest BCUT2D eigenvalue weighted by atomic mass is 16.5. The molecule has 92 valence electrons. The van der Waals surface area contributed by atoms with Crippen molar-refractivity contribution in [1.82, 2.24) is 0 Å².